The second-order valence-electron chi connectivity index (χ2n) is 5.82. The standard InChI is InChI=1S/C15H22N2O3/c1-15(20)7-8-17(10-13(15)18)14(19)11-5-4-6-12(9-11)16(2)3/h4-6,9,13,18,20H,7-8,10H2,1-3H3/t13-,15-/m1/s1. The third-order valence-corrected chi connectivity index (χ3v) is 3.90. The maximum absolute atomic E-state index is 12.4. The van der Waals surface area contributed by atoms with Crippen molar-refractivity contribution in [2.75, 3.05) is 32.1 Å². The van der Waals surface area contributed by atoms with E-state index < -0.39 is 11.7 Å². The number of anilines is 1. The molecule has 1 fully saturated rings. The molecule has 1 aliphatic heterocycles. The summed E-state index contributed by atoms with van der Waals surface area (Å²) < 4.78 is 0. The fourth-order valence-corrected chi connectivity index (χ4v) is 2.31. The van der Waals surface area contributed by atoms with Gasteiger partial charge in [0.1, 0.15) is 0 Å². The Morgan fingerprint density at radius 1 is 1.45 bits per heavy atom. The highest BCUT2D eigenvalue weighted by Gasteiger charge is 2.38. The van der Waals surface area contributed by atoms with E-state index in [1.807, 2.05) is 37.2 Å². The van der Waals surface area contributed by atoms with Crippen LogP contribution in [0.4, 0.5) is 5.69 Å². The zero-order valence-corrected chi connectivity index (χ0v) is 12.2. The lowest BCUT2D eigenvalue weighted by Gasteiger charge is -2.40. The highest BCUT2D eigenvalue weighted by Crippen LogP contribution is 2.24. The quantitative estimate of drug-likeness (QED) is 0.836. The monoisotopic (exact) mass is 278 g/mol. The zero-order chi connectivity index (χ0) is 14.9. The van der Waals surface area contributed by atoms with Gasteiger partial charge in [0.15, 0.2) is 0 Å². The molecule has 5 nitrogen and oxygen atoms in total. The Morgan fingerprint density at radius 3 is 2.75 bits per heavy atom. The van der Waals surface area contributed by atoms with Crippen LogP contribution in [0.25, 0.3) is 0 Å². The van der Waals surface area contributed by atoms with Crippen molar-refractivity contribution in [2.24, 2.45) is 0 Å². The van der Waals surface area contributed by atoms with Crippen molar-refractivity contribution in [2.45, 2.75) is 25.0 Å². The largest absolute Gasteiger partial charge is 0.388 e. The summed E-state index contributed by atoms with van der Waals surface area (Å²) in [7, 11) is 3.84. The molecule has 1 saturated heterocycles. The lowest BCUT2D eigenvalue weighted by atomic mass is 9.90. The minimum atomic E-state index is -1.11. The van der Waals surface area contributed by atoms with Crippen LogP contribution in [-0.4, -0.2) is 59.9 Å². The molecule has 0 unspecified atom stereocenters. The number of piperidine rings is 1. The minimum absolute atomic E-state index is 0.108. The van der Waals surface area contributed by atoms with Gasteiger partial charge in [-0.05, 0) is 31.5 Å². The topological polar surface area (TPSA) is 64.0 Å². The lowest BCUT2D eigenvalue weighted by molar-refractivity contribution is -0.0999. The normalized spacial score (nSPS) is 26.4. The van der Waals surface area contributed by atoms with Crippen molar-refractivity contribution in [3.63, 3.8) is 0 Å². The first-order valence-corrected chi connectivity index (χ1v) is 6.78. The van der Waals surface area contributed by atoms with Crippen LogP contribution < -0.4 is 4.90 Å². The van der Waals surface area contributed by atoms with Crippen LogP contribution in [0.2, 0.25) is 0 Å². The first kappa shape index (κ1) is 14.8. The van der Waals surface area contributed by atoms with E-state index in [4.69, 9.17) is 0 Å². The molecular formula is C15H22N2O3. The van der Waals surface area contributed by atoms with E-state index in [2.05, 4.69) is 0 Å². The summed E-state index contributed by atoms with van der Waals surface area (Å²) in [6, 6.07) is 7.39. The molecule has 1 heterocycles. The van der Waals surface area contributed by atoms with E-state index in [0.717, 1.165) is 5.69 Å². The third kappa shape index (κ3) is 2.94. The molecule has 1 aromatic carbocycles. The Labute approximate surface area is 119 Å². The summed E-state index contributed by atoms with van der Waals surface area (Å²) in [6.07, 6.45) is -0.523. The first-order chi connectivity index (χ1) is 9.31. The molecule has 0 spiro atoms. The van der Waals surface area contributed by atoms with Gasteiger partial charge in [-0.25, -0.2) is 0 Å². The van der Waals surface area contributed by atoms with Crippen LogP contribution in [0.5, 0.6) is 0 Å². The number of amides is 1. The van der Waals surface area contributed by atoms with Gasteiger partial charge in [0.25, 0.3) is 5.91 Å². The number of hydrogen-bond acceptors (Lipinski definition) is 4. The predicted molar refractivity (Wildman–Crippen MR) is 77.9 cm³/mol. The number of carbonyl (C=O) groups excluding carboxylic acids is 1. The molecule has 0 radical (unpaired) electrons. The van der Waals surface area contributed by atoms with E-state index in [1.54, 1.807) is 17.9 Å². The Bertz CT molecular complexity index is 500. The van der Waals surface area contributed by atoms with Gasteiger partial charge in [0, 0.05) is 38.4 Å². The van der Waals surface area contributed by atoms with Crippen LogP contribution in [-0.2, 0) is 0 Å². The SMILES string of the molecule is CN(C)c1cccc(C(=O)N2CC[C@@](C)(O)[C@H](O)C2)c1. The van der Waals surface area contributed by atoms with E-state index in [9.17, 15) is 15.0 Å². The molecule has 1 aliphatic rings. The Morgan fingerprint density at radius 2 is 2.15 bits per heavy atom. The second kappa shape index (κ2) is 5.42. The number of nitrogens with zero attached hydrogens (tertiary/aromatic N) is 2. The molecule has 2 atom stereocenters. The molecule has 0 saturated carbocycles. The number of likely N-dealkylation sites (tertiary alicyclic amines) is 1. The van der Waals surface area contributed by atoms with Gasteiger partial charge in [-0.15, -0.1) is 0 Å². The van der Waals surface area contributed by atoms with Crippen LogP contribution in [0.1, 0.15) is 23.7 Å². The fourth-order valence-electron chi connectivity index (χ4n) is 2.31. The van der Waals surface area contributed by atoms with Gasteiger partial charge >= 0.3 is 0 Å². The van der Waals surface area contributed by atoms with Crippen molar-refractivity contribution in [1.29, 1.82) is 0 Å². The summed E-state index contributed by atoms with van der Waals surface area (Å²) in [5.74, 6) is -0.108. The van der Waals surface area contributed by atoms with Gasteiger partial charge in [-0.3, -0.25) is 4.79 Å². The maximum Gasteiger partial charge on any atom is 0.254 e. The Hall–Kier alpha value is -1.59. The summed E-state index contributed by atoms with van der Waals surface area (Å²) in [5, 5.41) is 19.8. The van der Waals surface area contributed by atoms with Gasteiger partial charge in [0.05, 0.1) is 11.7 Å². The maximum atomic E-state index is 12.4. The van der Waals surface area contributed by atoms with Crippen LogP contribution in [0.15, 0.2) is 24.3 Å². The van der Waals surface area contributed by atoms with E-state index in [0.29, 0.717) is 18.5 Å². The Balaban J connectivity index is 2.14. The minimum Gasteiger partial charge on any atom is -0.388 e. The molecule has 5 heteroatoms. The molecule has 1 amide bonds. The van der Waals surface area contributed by atoms with Crippen LogP contribution in [0.3, 0.4) is 0 Å². The zero-order valence-electron chi connectivity index (χ0n) is 12.2. The van der Waals surface area contributed by atoms with Crippen molar-refractivity contribution in [3.05, 3.63) is 29.8 Å². The van der Waals surface area contributed by atoms with Crippen molar-refractivity contribution in [3.8, 4) is 0 Å². The number of aliphatic hydroxyl groups is 2. The number of aliphatic hydroxyl groups excluding tert-OH is 1. The first-order valence-electron chi connectivity index (χ1n) is 6.78. The molecule has 0 aliphatic carbocycles. The van der Waals surface area contributed by atoms with Gasteiger partial charge < -0.3 is 20.0 Å². The predicted octanol–water partition coefficient (Wildman–Crippen LogP) is 0.710. The van der Waals surface area contributed by atoms with Gasteiger partial charge in [-0.1, -0.05) is 6.07 Å². The highest BCUT2D eigenvalue weighted by atomic mass is 16.3. The number of benzene rings is 1. The molecule has 0 bridgehead atoms. The molecular weight excluding hydrogens is 256 g/mol. The van der Waals surface area contributed by atoms with Crippen LogP contribution in [0, 0.1) is 0 Å². The van der Waals surface area contributed by atoms with E-state index in [-0.39, 0.29) is 12.5 Å². The fraction of sp³-hybridized carbons (Fsp3) is 0.533. The molecule has 2 rings (SSSR count). The molecule has 110 valence electrons. The average molecular weight is 278 g/mol. The Kier molecular flexibility index (Phi) is 4.01. The average Bonchev–Trinajstić information content (AvgIpc) is 2.41. The molecule has 2 N–H and O–H groups in total. The van der Waals surface area contributed by atoms with E-state index in [1.165, 1.54) is 0 Å². The smallest absolute Gasteiger partial charge is 0.254 e. The molecule has 0 aromatic heterocycles. The number of carbonyl (C=O) groups is 1. The van der Waals surface area contributed by atoms with Crippen molar-refractivity contribution >= 4 is 11.6 Å². The van der Waals surface area contributed by atoms with Crippen LogP contribution >= 0.6 is 0 Å². The summed E-state index contributed by atoms with van der Waals surface area (Å²) in [4.78, 5) is 16.0. The highest BCUT2D eigenvalue weighted by molar-refractivity contribution is 5.95. The van der Waals surface area contributed by atoms with Gasteiger partial charge in [-0.2, -0.15) is 0 Å². The van der Waals surface area contributed by atoms with Crippen molar-refractivity contribution in [1.82, 2.24) is 4.90 Å². The number of hydrogen-bond donors (Lipinski definition) is 2. The number of β-amino-alcohol motifs (C(OH)–C–C–N with tert-alkyl or cyclic N) is 1. The van der Waals surface area contributed by atoms with E-state index >= 15 is 0 Å². The number of rotatable bonds is 2. The second-order valence-corrected chi connectivity index (χ2v) is 5.82. The molecule has 1 aromatic rings. The summed E-state index contributed by atoms with van der Waals surface area (Å²) >= 11 is 0. The van der Waals surface area contributed by atoms with Crippen molar-refractivity contribution < 1.29 is 15.0 Å². The third-order valence-electron chi connectivity index (χ3n) is 3.90. The molecule has 20 heavy (non-hydrogen) atoms. The van der Waals surface area contributed by atoms with Gasteiger partial charge in [0.2, 0.25) is 0 Å². The summed E-state index contributed by atoms with van der Waals surface area (Å²) in [6.45, 7) is 2.22. The summed E-state index contributed by atoms with van der Waals surface area (Å²) in [5.41, 5.74) is 0.452. The lowest BCUT2D eigenvalue weighted by Crippen LogP contribution is -2.55.